The molecule has 0 bridgehead atoms. The molecule has 146 valence electrons. The fraction of sp³-hybridized carbons (Fsp3) is 0.348. The summed E-state index contributed by atoms with van der Waals surface area (Å²) in [4.78, 5) is 25.3. The molecule has 0 saturated carbocycles. The van der Waals surface area contributed by atoms with Gasteiger partial charge in [-0.2, -0.15) is 5.26 Å². The number of benzene rings is 1. The van der Waals surface area contributed by atoms with Gasteiger partial charge in [0.25, 0.3) is 5.91 Å². The van der Waals surface area contributed by atoms with E-state index in [1.165, 1.54) is 5.56 Å². The van der Waals surface area contributed by atoms with Crippen LogP contribution in [-0.2, 0) is 9.59 Å². The van der Waals surface area contributed by atoms with Gasteiger partial charge in [-0.15, -0.1) is 0 Å². The van der Waals surface area contributed by atoms with Crippen molar-refractivity contribution in [1.29, 1.82) is 5.26 Å². The average molecular weight is 377 g/mol. The summed E-state index contributed by atoms with van der Waals surface area (Å²) >= 11 is 0. The Balaban J connectivity index is 1.98. The van der Waals surface area contributed by atoms with E-state index in [0.29, 0.717) is 23.5 Å². The molecule has 1 fully saturated rings. The van der Waals surface area contributed by atoms with Crippen LogP contribution in [0.5, 0.6) is 0 Å². The third-order valence-electron chi connectivity index (χ3n) is 5.23. The van der Waals surface area contributed by atoms with Crippen molar-refractivity contribution in [3.8, 4) is 6.07 Å². The van der Waals surface area contributed by atoms with E-state index in [9.17, 15) is 9.59 Å². The Labute approximate surface area is 167 Å². The van der Waals surface area contributed by atoms with Crippen molar-refractivity contribution in [2.75, 3.05) is 13.1 Å². The van der Waals surface area contributed by atoms with Crippen molar-refractivity contribution >= 4 is 12.3 Å². The molecule has 0 aromatic heterocycles. The minimum absolute atomic E-state index is 0.0332. The predicted molar refractivity (Wildman–Crippen MR) is 110 cm³/mol. The second-order valence-corrected chi connectivity index (χ2v) is 6.95. The van der Waals surface area contributed by atoms with Gasteiger partial charge >= 0.3 is 0 Å². The lowest BCUT2D eigenvalue weighted by molar-refractivity contribution is -0.127. The number of nitriles is 1. The molecule has 5 nitrogen and oxygen atoms in total. The van der Waals surface area contributed by atoms with E-state index in [1.54, 1.807) is 6.08 Å². The number of piperidine rings is 1. The normalized spacial score (nSPS) is 16.5. The summed E-state index contributed by atoms with van der Waals surface area (Å²) in [5, 5.41) is 11.5. The molecule has 2 rings (SSSR count). The smallest absolute Gasteiger partial charge is 0.253 e. The molecule has 1 saturated heterocycles. The standard InChI is InChI=1S/C23H27N3O2/c1-4-20(8-5-17(2)18(3)25-16-27)23(28)26-13-11-22(12-14-26)21-9-6-19(15-24)7-10-21/h4-10,16,22H,11-14H2,1-3H3,(H,25,27)/b8-5-,18-17+,20-4+. The molecular weight excluding hydrogens is 350 g/mol. The lowest BCUT2D eigenvalue weighted by Gasteiger charge is -2.32. The first-order chi connectivity index (χ1) is 13.5. The molecule has 1 aliphatic heterocycles. The van der Waals surface area contributed by atoms with Crippen LogP contribution in [0.4, 0.5) is 0 Å². The molecule has 1 N–H and O–H groups in total. The largest absolute Gasteiger partial charge is 0.339 e. The van der Waals surface area contributed by atoms with Gasteiger partial charge in [0.2, 0.25) is 6.41 Å². The Morgan fingerprint density at radius 3 is 2.36 bits per heavy atom. The van der Waals surface area contributed by atoms with E-state index in [-0.39, 0.29) is 5.91 Å². The number of nitrogens with one attached hydrogen (secondary N) is 1. The quantitative estimate of drug-likeness (QED) is 0.465. The molecule has 0 atom stereocenters. The van der Waals surface area contributed by atoms with E-state index in [4.69, 9.17) is 5.26 Å². The van der Waals surface area contributed by atoms with E-state index < -0.39 is 0 Å². The van der Waals surface area contributed by atoms with Gasteiger partial charge in [0.05, 0.1) is 11.6 Å². The van der Waals surface area contributed by atoms with Crippen LogP contribution in [-0.4, -0.2) is 30.3 Å². The zero-order chi connectivity index (χ0) is 20.5. The number of likely N-dealkylation sites (tertiary alicyclic amines) is 1. The number of amides is 2. The van der Waals surface area contributed by atoms with E-state index in [2.05, 4.69) is 11.4 Å². The van der Waals surface area contributed by atoms with Gasteiger partial charge in [-0.3, -0.25) is 9.59 Å². The maximum atomic E-state index is 12.8. The van der Waals surface area contributed by atoms with Gasteiger partial charge < -0.3 is 10.2 Å². The SMILES string of the molecule is C\C=C(/C=C\C(C)=C(/C)NC=O)C(=O)N1CCC(c2ccc(C#N)cc2)CC1. The first-order valence-corrected chi connectivity index (χ1v) is 9.51. The number of carbonyl (C=O) groups is 2. The zero-order valence-corrected chi connectivity index (χ0v) is 16.7. The monoisotopic (exact) mass is 377 g/mol. The van der Waals surface area contributed by atoms with Crippen LogP contribution in [0, 0.1) is 11.3 Å². The Morgan fingerprint density at radius 2 is 1.82 bits per heavy atom. The highest BCUT2D eigenvalue weighted by atomic mass is 16.2. The van der Waals surface area contributed by atoms with Gasteiger partial charge in [0.15, 0.2) is 0 Å². The highest BCUT2D eigenvalue weighted by Gasteiger charge is 2.24. The van der Waals surface area contributed by atoms with Crippen molar-refractivity contribution in [3.63, 3.8) is 0 Å². The summed E-state index contributed by atoms with van der Waals surface area (Å²) in [5.41, 5.74) is 4.21. The molecule has 1 aromatic carbocycles. The van der Waals surface area contributed by atoms with Crippen LogP contribution in [0.1, 0.15) is 50.7 Å². The maximum Gasteiger partial charge on any atom is 0.253 e. The number of rotatable bonds is 6. The molecule has 5 heteroatoms. The lowest BCUT2D eigenvalue weighted by atomic mass is 9.89. The summed E-state index contributed by atoms with van der Waals surface area (Å²) < 4.78 is 0. The highest BCUT2D eigenvalue weighted by Crippen LogP contribution is 2.28. The topological polar surface area (TPSA) is 73.2 Å². The third kappa shape index (κ3) is 5.43. The second kappa shape index (κ2) is 10.3. The average Bonchev–Trinajstić information content (AvgIpc) is 2.74. The van der Waals surface area contributed by atoms with Crippen LogP contribution in [0.25, 0.3) is 0 Å². The Kier molecular flexibility index (Phi) is 7.76. The first-order valence-electron chi connectivity index (χ1n) is 9.51. The summed E-state index contributed by atoms with van der Waals surface area (Å²) in [6.07, 6.45) is 7.95. The van der Waals surface area contributed by atoms with Crippen molar-refractivity contribution in [1.82, 2.24) is 10.2 Å². The van der Waals surface area contributed by atoms with Crippen molar-refractivity contribution in [2.45, 2.75) is 39.5 Å². The molecule has 0 aliphatic carbocycles. The lowest BCUT2D eigenvalue weighted by Crippen LogP contribution is -2.38. The molecule has 0 spiro atoms. The van der Waals surface area contributed by atoms with E-state index in [1.807, 2.05) is 62.1 Å². The van der Waals surface area contributed by atoms with Gasteiger partial charge in [-0.05, 0) is 68.9 Å². The Hall–Kier alpha value is -3.13. The number of nitrogens with zero attached hydrogens (tertiary/aromatic N) is 2. The minimum Gasteiger partial charge on any atom is -0.339 e. The van der Waals surface area contributed by atoms with Gasteiger partial charge in [0, 0.05) is 24.4 Å². The molecule has 0 radical (unpaired) electrons. The van der Waals surface area contributed by atoms with Crippen molar-refractivity contribution < 1.29 is 9.59 Å². The van der Waals surface area contributed by atoms with Crippen molar-refractivity contribution in [2.24, 2.45) is 0 Å². The molecule has 1 heterocycles. The maximum absolute atomic E-state index is 12.8. The minimum atomic E-state index is 0.0332. The molecule has 1 aromatic rings. The Bertz CT molecular complexity index is 834. The molecule has 1 aliphatic rings. The Morgan fingerprint density at radius 1 is 1.18 bits per heavy atom. The van der Waals surface area contributed by atoms with Gasteiger partial charge in [0.1, 0.15) is 0 Å². The summed E-state index contributed by atoms with van der Waals surface area (Å²) in [6.45, 7) is 7.00. The third-order valence-corrected chi connectivity index (χ3v) is 5.23. The zero-order valence-electron chi connectivity index (χ0n) is 16.7. The highest BCUT2D eigenvalue weighted by molar-refractivity contribution is 5.96. The fourth-order valence-electron chi connectivity index (χ4n) is 3.26. The number of carbonyl (C=O) groups excluding carboxylic acids is 2. The van der Waals surface area contributed by atoms with Crippen LogP contribution in [0.3, 0.4) is 0 Å². The van der Waals surface area contributed by atoms with Gasteiger partial charge in [-0.25, -0.2) is 0 Å². The first kappa shape index (κ1) is 21.2. The van der Waals surface area contributed by atoms with Crippen LogP contribution in [0.15, 0.2) is 59.3 Å². The number of hydrogen-bond acceptors (Lipinski definition) is 3. The number of allylic oxidation sites excluding steroid dienone is 4. The van der Waals surface area contributed by atoms with E-state index >= 15 is 0 Å². The van der Waals surface area contributed by atoms with Crippen LogP contribution < -0.4 is 5.32 Å². The fourth-order valence-corrected chi connectivity index (χ4v) is 3.26. The van der Waals surface area contributed by atoms with Crippen molar-refractivity contribution in [3.05, 3.63) is 70.5 Å². The van der Waals surface area contributed by atoms with Gasteiger partial charge in [-0.1, -0.05) is 24.3 Å². The second-order valence-electron chi connectivity index (χ2n) is 6.95. The molecule has 0 unspecified atom stereocenters. The molecule has 2 amide bonds. The molecule has 28 heavy (non-hydrogen) atoms. The van der Waals surface area contributed by atoms with Crippen LogP contribution >= 0.6 is 0 Å². The van der Waals surface area contributed by atoms with Crippen LogP contribution in [0.2, 0.25) is 0 Å². The number of hydrogen-bond donors (Lipinski definition) is 1. The van der Waals surface area contributed by atoms with E-state index in [0.717, 1.165) is 37.2 Å². The summed E-state index contributed by atoms with van der Waals surface area (Å²) in [5.74, 6) is 0.453. The predicted octanol–water partition coefficient (Wildman–Crippen LogP) is 3.81. The summed E-state index contributed by atoms with van der Waals surface area (Å²) in [7, 11) is 0. The summed E-state index contributed by atoms with van der Waals surface area (Å²) in [6, 6.07) is 9.89. The molecular formula is C23H27N3O2.